The quantitative estimate of drug-likeness (QED) is 0.525. The van der Waals surface area contributed by atoms with Gasteiger partial charge in [-0.25, -0.2) is 4.98 Å². The summed E-state index contributed by atoms with van der Waals surface area (Å²) in [5.74, 6) is -0.246. The lowest BCUT2D eigenvalue weighted by Crippen LogP contribution is -2.24. The number of hydrogen-bond acceptors (Lipinski definition) is 5. The monoisotopic (exact) mass is 366 g/mol. The highest BCUT2D eigenvalue weighted by molar-refractivity contribution is 8.00. The van der Waals surface area contributed by atoms with Crippen LogP contribution in [0.3, 0.4) is 0 Å². The van der Waals surface area contributed by atoms with Crippen molar-refractivity contribution in [3.8, 4) is 5.69 Å². The number of aryl methyl sites for hydroxylation is 2. The highest BCUT2D eigenvalue weighted by Gasteiger charge is 2.30. The van der Waals surface area contributed by atoms with Gasteiger partial charge in [0.25, 0.3) is 5.56 Å². The second-order valence-electron chi connectivity index (χ2n) is 6.40. The van der Waals surface area contributed by atoms with E-state index in [4.69, 9.17) is 9.72 Å². The third-order valence-corrected chi connectivity index (χ3v) is 5.67. The molecule has 0 radical (unpaired) electrons. The zero-order valence-electron chi connectivity index (χ0n) is 14.6. The first-order chi connectivity index (χ1) is 12.5. The minimum atomic E-state index is -0.333. The number of nitrogens with zero attached hydrogens (tertiary/aromatic N) is 2. The second-order valence-corrected chi connectivity index (χ2v) is 7.57. The topological polar surface area (TPSA) is 61.2 Å². The van der Waals surface area contributed by atoms with Crippen molar-refractivity contribution in [2.75, 3.05) is 6.61 Å². The molecule has 132 valence electrons. The summed E-state index contributed by atoms with van der Waals surface area (Å²) in [4.78, 5) is 29.9. The molecule has 0 amide bonds. The summed E-state index contributed by atoms with van der Waals surface area (Å²) in [5.41, 5.74) is 3.40. The zero-order valence-corrected chi connectivity index (χ0v) is 15.4. The Labute approximate surface area is 155 Å². The molecule has 1 saturated heterocycles. The smallest absolute Gasteiger partial charge is 0.319 e. The van der Waals surface area contributed by atoms with Gasteiger partial charge in [-0.1, -0.05) is 41.6 Å². The van der Waals surface area contributed by atoms with Crippen LogP contribution in [0.25, 0.3) is 16.6 Å². The summed E-state index contributed by atoms with van der Waals surface area (Å²) in [6, 6.07) is 13.2. The van der Waals surface area contributed by atoms with Gasteiger partial charge < -0.3 is 4.74 Å². The molecule has 1 aliphatic rings. The summed E-state index contributed by atoms with van der Waals surface area (Å²) in [6.45, 7) is 4.41. The van der Waals surface area contributed by atoms with Gasteiger partial charge in [0.15, 0.2) is 5.16 Å². The largest absolute Gasteiger partial charge is 0.465 e. The summed E-state index contributed by atoms with van der Waals surface area (Å²) in [5, 5.41) is 0.746. The van der Waals surface area contributed by atoms with Crippen LogP contribution in [0.4, 0.5) is 0 Å². The number of cyclic esters (lactones) is 1. The molecule has 6 heteroatoms. The van der Waals surface area contributed by atoms with Crippen molar-refractivity contribution in [2.45, 2.75) is 30.7 Å². The zero-order chi connectivity index (χ0) is 18.3. The van der Waals surface area contributed by atoms with Crippen molar-refractivity contribution in [1.29, 1.82) is 0 Å². The number of carbonyl (C=O) groups is 1. The Morgan fingerprint density at radius 2 is 1.96 bits per heavy atom. The van der Waals surface area contributed by atoms with Gasteiger partial charge >= 0.3 is 5.97 Å². The fourth-order valence-electron chi connectivity index (χ4n) is 3.17. The van der Waals surface area contributed by atoms with Crippen LogP contribution in [0.2, 0.25) is 0 Å². The lowest BCUT2D eigenvalue weighted by molar-refractivity contribution is -0.137. The first-order valence-electron chi connectivity index (χ1n) is 8.47. The predicted octanol–water partition coefficient (Wildman–Crippen LogP) is 3.41. The molecule has 5 nitrogen and oxygen atoms in total. The highest BCUT2D eigenvalue weighted by Crippen LogP contribution is 2.30. The van der Waals surface area contributed by atoms with E-state index in [0.29, 0.717) is 29.1 Å². The van der Waals surface area contributed by atoms with Crippen molar-refractivity contribution in [2.24, 2.45) is 0 Å². The lowest BCUT2D eigenvalue weighted by atomic mass is 10.1. The molecule has 1 aliphatic heterocycles. The van der Waals surface area contributed by atoms with Crippen LogP contribution in [0.1, 0.15) is 17.5 Å². The molecular weight excluding hydrogens is 348 g/mol. The van der Waals surface area contributed by atoms with Crippen LogP contribution in [0.5, 0.6) is 0 Å². The van der Waals surface area contributed by atoms with E-state index in [1.54, 1.807) is 10.6 Å². The van der Waals surface area contributed by atoms with Crippen LogP contribution < -0.4 is 5.56 Å². The maximum Gasteiger partial charge on any atom is 0.319 e. The SMILES string of the molecule is Cc1ccc(-n2c(S[C@@H]3CCOC3=O)nc3ccccc3c2=O)c(C)c1. The van der Waals surface area contributed by atoms with Crippen LogP contribution in [0.15, 0.2) is 52.4 Å². The van der Waals surface area contributed by atoms with Gasteiger partial charge in [0.05, 0.1) is 23.2 Å². The number of carbonyl (C=O) groups excluding carboxylic acids is 1. The molecule has 0 spiro atoms. The van der Waals surface area contributed by atoms with Crippen LogP contribution in [-0.2, 0) is 9.53 Å². The Balaban J connectivity index is 1.96. The summed E-state index contributed by atoms with van der Waals surface area (Å²) < 4.78 is 6.68. The molecule has 1 fully saturated rings. The fraction of sp³-hybridized carbons (Fsp3) is 0.250. The normalized spacial score (nSPS) is 16.8. The molecule has 4 rings (SSSR count). The third-order valence-electron chi connectivity index (χ3n) is 4.47. The number of esters is 1. The summed E-state index contributed by atoms with van der Waals surface area (Å²) in [7, 11) is 0. The number of hydrogen-bond donors (Lipinski definition) is 0. The number of para-hydroxylation sites is 1. The van der Waals surface area contributed by atoms with E-state index >= 15 is 0 Å². The average Bonchev–Trinajstić information content (AvgIpc) is 3.01. The molecule has 2 heterocycles. The van der Waals surface area contributed by atoms with Gasteiger partial charge in [0.2, 0.25) is 0 Å². The van der Waals surface area contributed by atoms with Gasteiger partial charge in [-0.2, -0.15) is 0 Å². The number of fused-ring (bicyclic) bond motifs is 1. The standard InChI is InChI=1S/C20H18N2O3S/c1-12-7-8-16(13(2)11-12)22-18(23)14-5-3-4-6-15(14)21-20(22)26-17-9-10-25-19(17)24/h3-8,11,17H,9-10H2,1-2H3/t17-/m1/s1. The summed E-state index contributed by atoms with van der Waals surface area (Å²) in [6.07, 6.45) is 0.624. The Bertz CT molecular complexity index is 1070. The fourth-order valence-corrected chi connectivity index (χ4v) is 4.24. The van der Waals surface area contributed by atoms with E-state index in [-0.39, 0.29) is 16.8 Å². The Morgan fingerprint density at radius 3 is 2.69 bits per heavy atom. The molecule has 0 aliphatic carbocycles. The van der Waals surface area contributed by atoms with E-state index in [1.807, 2.05) is 50.2 Å². The number of ether oxygens (including phenoxy) is 1. The van der Waals surface area contributed by atoms with Crippen molar-refractivity contribution in [3.05, 3.63) is 63.9 Å². The first kappa shape index (κ1) is 16.8. The maximum absolute atomic E-state index is 13.2. The summed E-state index contributed by atoms with van der Waals surface area (Å²) >= 11 is 1.30. The van der Waals surface area contributed by atoms with Crippen LogP contribution in [-0.4, -0.2) is 27.4 Å². The Kier molecular flexibility index (Phi) is 4.28. The van der Waals surface area contributed by atoms with Gasteiger partial charge in [-0.05, 0) is 37.6 Å². The van der Waals surface area contributed by atoms with Gasteiger partial charge in [-0.15, -0.1) is 0 Å². The number of thioether (sulfide) groups is 1. The molecule has 1 atom stereocenters. The predicted molar refractivity (Wildman–Crippen MR) is 102 cm³/mol. The third kappa shape index (κ3) is 2.90. The number of aromatic nitrogens is 2. The average molecular weight is 366 g/mol. The minimum Gasteiger partial charge on any atom is -0.465 e. The van der Waals surface area contributed by atoms with Crippen molar-refractivity contribution < 1.29 is 9.53 Å². The molecule has 26 heavy (non-hydrogen) atoms. The first-order valence-corrected chi connectivity index (χ1v) is 9.35. The van der Waals surface area contributed by atoms with Gasteiger partial charge in [0.1, 0.15) is 5.25 Å². The van der Waals surface area contributed by atoms with E-state index in [1.165, 1.54) is 11.8 Å². The van der Waals surface area contributed by atoms with E-state index in [9.17, 15) is 9.59 Å². The molecule has 0 bridgehead atoms. The highest BCUT2D eigenvalue weighted by atomic mass is 32.2. The molecule has 2 aromatic carbocycles. The molecule has 1 aromatic heterocycles. The molecule has 0 N–H and O–H groups in total. The van der Waals surface area contributed by atoms with E-state index < -0.39 is 0 Å². The number of rotatable bonds is 3. The Morgan fingerprint density at radius 1 is 1.15 bits per heavy atom. The van der Waals surface area contributed by atoms with Crippen LogP contribution >= 0.6 is 11.8 Å². The lowest BCUT2D eigenvalue weighted by Gasteiger charge is -2.16. The van der Waals surface area contributed by atoms with Crippen molar-refractivity contribution in [3.63, 3.8) is 0 Å². The van der Waals surface area contributed by atoms with E-state index in [2.05, 4.69) is 0 Å². The van der Waals surface area contributed by atoms with Gasteiger partial charge in [0, 0.05) is 6.42 Å². The molecule has 0 unspecified atom stereocenters. The molecule has 3 aromatic rings. The Hall–Kier alpha value is -2.60. The molecular formula is C20H18N2O3S. The van der Waals surface area contributed by atoms with Crippen molar-refractivity contribution >= 4 is 28.6 Å². The van der Waals surface area contributed by atoms with E-state index in [0.717, 1.165) is 16.8 Å². The van der Waals surface area contributed by atoms with Crippen LogP contribution in [0, 0.1) is 13.8 Å². The number of benzene rings is 2. The minimum absolute atomic E-state index is 0.128. The van der Waals surface area contributed by atoms with Crippen molar-refractivity contribution in [1.82, 2.24) is 9.55 Å². The maximum atomic E-state index is 13.2. The van der Waals surface area contributed by atoms with Gasteiger partial charge in [-0.3, -0.25) is 14.2 Å². The second kappa shape index (κ2) is 6.61. The molecule has 0 saturated carbocycles.